The van der Waals surface area contributed by atoms with Gasteiger partial charge in [-0.2, -0.15) is 0 Å². The minimum atomic E-state index is 0.0813. The molecule has 1 saturated heterocycles. The Kier molecular flexibility index (Phi) is 3.61. The fourth-order valence-corrected chi connectivity index (χ4v) is 2.75. The smallest absolute Gasteiger partial charge is 0.222 e. The molecule has 0 radical (unpaired) electrons. The molecule has 0 aromatic carbocycles. The summed E-state index contributed by atoms with van der Waals surface area (Å²) in [7, 11) is 1.68. The second-order valence-electron chi connectivity index (χ2n) is 5.13. The molecule has 3 heterocycles. The standard InChI is InChI=1S/C13H19N7O/c1-15-13(21)9-2-5-19(6-3-9)12-11-16-4-7-20(11)8-10(17-12)18-14/h4,7-9,18H,2-3,5-6,14H2,1H3,(H,15,21). The van der Waals surface area contributed by atoms with E-state index in [1.807, 2.05) is 10.6 Å². The number of fused-ring (bicyclic) bond motifs is 1. The Morgan fingerprint density at radius 1 is 1.43 bits per heavy atom. The third kappa shape index (κ3) is 2.49. The van der Waals surface area contributed by atoms with Gasteiger partial charge in [-0.15, -0.1) is 0 Å². The van der Waals surface area contributed by atoms with Crippen LogP contribution in [-0.2, 0) is 4.79 Å². The van der Waals surface area contributed by atoms with E-state index in [-0.39, 0.29) is 11.8 Å². The molecule has 0 unspecified atom stereocenters. The highest BCUT2D eigenvalue weighted by Gasteiger charge is 2.26. The van der Waals surface area contributed by atoms with Crippen molar-refractivity contribution in [3.63, 3.8) is 0 Å². The summed E-state index contributed by atoms with van der Waals surface area (Å²) in [6.07, 6.45) is 7.02. The van der Waals surface area contributed by atoms with Gasteiger partial charge in [0.1, 0.15) is 0 Å². The number of aromatic nitrogens is 3. The van der Waals surface area contributed by atoms with E-state index in [1.165, 1.54) is 0 Å². The van der Waals surface area contributed by atoms with Crippen molar-refractivity contribution >= 4 is 23.2 Å². The van der Waals surface area contributed by atoms with Crippen LogP contribution in [0, 0.1) is 5.92 Å². The number of carbonyl (C=O) groups excluding carboxylic acids is 1. The fourth-order valence-electron chi connectivity index (χ4n) is 2.75. The molecule has 8 heteroatoms. The second-order valence-corrected chi connectivity index (χ2v) is 5.13. The van der Waals surface area contributed by atoms with Crippen molar-refractivity contribution < 1.29 is 4.79 Å². The van der Waals surface area contributed by atoms with E-state index >= 15 is 0 Å². The molecule has 1 aliphatic heterocycles. The lowest BCUT2D eigenvalue weighted by Crippen LogP contribution is -2.40. The van der Waals surface area contributed by atoms with Gasteiger partial charge in [0.25, 0.3) is 0 Å². The fraction of sp³-hybridized carbons (Fsp3) is 0.462. The van der Waals surface area contributed by atoms with Gasteiger partial charge in [0.2, 0.25) is 5.91 Å². The maximum Gasteiger partial charge on any atom is 0.222 e. The first-order valence-corrected chi connectivity index (χ1v) is 7.00. The quantitative estimate of drug-likeness (QED) is 0.542. The van der Waals surface area contributed by atoms with E-state index in [2.05, 4.69) is 25.6 Å². The molecule has 2 aromatic heterocycles. The van der Waals surface area contributed by atoms with Gasteiger partial charge < -0.3 is 20.0 Å². The first-order chi connectivity index (χ1) is 10.2. The summed E-state index contributed by atoms with van der Waals surface area (Å²) in [6.45, 7) is 1.56. The van der Waals surface area contributed by atoms with Crippen LogP contribution in [0.2, 0.25) is 0 Å². The minimum Gasteiger partial charge on any atom is -0.359 e. The largest absolute Gasteiger partial charge is 0.359 e. The molecule has 1 fully saturated rings. The summed E-state index contributed by atoms with van der Waals surface area (Å²) in [5.41, 5.74) is 3.37. The molecule has 0 bridgehead atoms. The molecule has 0 atom stereocenters. The lowest BCUT2D eigenvalue weighted by Gasteiger charge is -2.32. The number of anilines is 2. The average Bonchev–Trinajstić information content (AvgIpc) is 3.01. The lowest BCUT2D eigenvalue weighted by molar-refractivity contribution is -0.125. The van der Waals surface area contributed by atoms with E-state index in [0.29, 0.717) is 5.82 Å². The Hall–Kier alpha value is -2.35. The molecule has 112 valence electrons. The van der Waals surface area contributed by atoms with Crippen molar-refractivity contribution in [2.75, 3.05) is 30.5 Å². The van der Waals surface area contributed by atoms with E-state index in [4.69, 9.17) is 5.84 Å². The zero-order chi connectivity index (χ0) is 14.8. The number of carbonyl (C=O) groups is 1. The predicted molar refractivity (Wildman–Crippen MR) is 79.8 cm³/mol. The van der Waals surface area contributed by atoms with Gasteiger partial charge in [0, 0.05) is 38.4 Å². The number of rotatable bonds is 3. The van der Waals surface area contributed by atoms with E-state index in [0.717, 1.165) is 37.4 Å². The molecule has 8 nitrogen and oxygen atoms in total. The maximum atomic E-state index is 11.7. The summed E-state index contributed by atoms with van der Waals surface area (Å²) >= 11 is 0. The number of nitrogens with zero attached hydrogens (tertiary/aromatic N) is 4. The first kappa shape index (κ1) is 13.6. The zero-order valence-electron chi connectivity index (χ0n) is 11.9. The molecule has 1 amide bonds. The third-order valence-corrected chi connectivity index (χ3v) is 3.92. The summed E-state index contributed by atoms with van der Waals surface area (Å²) in [5.74, 6) is 7.05. The highest BCUT2D eigenvalue weighted by Crippen LogP contribution is 2.26. The Balaban J connectivity index is 1.85. The number of hydrogen-bond donors (Lipinski definition) is 3. The molecule has 1 aliphatic rings. The van der Waals surface area contributed by atoms with Crippen molar-refractivity contribution in [3.05, 3.63) is 18.6 Å². The molecule has 3 rings (SSSR count). The van der Waals surface area contributed by atoms with Crippen LogP contribution in [0.5, 0.6) is 0 Å². The number of amides is 1. The number of hydrogen-bond acceptors (Lipinski definition) is 6. The van der Waals surface area contributed by atoms with Crippen LogP contribution in [-0.4, -0.2) is 40.4 Å². The highest BCUT2D eigenvalue weighted by molar-refractivity contribution is 5.78. The van der Waals surface area contributed by atoms with Gasteiger partial charge in [0.15, 0.2) is 17.3 Å². The monoisotopic (exact) mass is 289 g/mol. The normalized spacial score (nSPS) is 16.2. The van der Waals surface area contributed by atoms with Crippen LogP contribution in [0.3, 0.4) is 0 Å². The molecule has 21 heavy (non-hydrogen) atoms. The van der Waals surface area contributed by atoms with Gasteiger partial charge in [-0.1, -0.05) is 0 Å². The summed E-state index contributed by atoms with van der Waals surface area (Å²) in [4.78, 5) is 22.7. The van der Waals surface area contributed by atoms with E-state index in [1.54, 1.807) is 19.4 Å². The van der Waals surface area contributed by atoms with Crippen LogP contribution >= 0.6 is 0 Å². The van der Waals surface area contributed by atoms with Crippen molar-refractivity contribution in [1.82, 2.24) is 19.7 Å². The lowest BCUT2D eigenvalue weighted by atomic mass is 9.96. The van der Waals surface area contributed by atoms with Gasteiger partial charge in [-0.3, -0.25) is 4.79 Å². The molecular weight excluding hydrogens is 270 g/mol. The van der Waals surface area contributed by atoms with Gasteiger partial charge in [-0.05, 0) is 12.8 Å². The number of nitrogens with one attached hydrogen (secondary N) is 2. The summed E-state index contributed by atoms with van der Waals surface area (Å²) in [5, 5.41) is 2.72. The topological polar surface area (TPSA) is 101 Å². The maximum absolute atomic E-state index is 11.7. The average molecular weight is 289 g/mol. The van der Waals surface area contributed by atoms with Crippen LogP contribution in [0.4, 0.5) is 11.6 Å². The van der Waals surface area contributed by atoms with E-state index in [9.17, 15) is 4.79 Å². The number of nitrogens with two attached hydrogens (primary N) is 1. The van der Waals surface area contributed by atoms with Gasteiger partial charge >= 0.3 is 0 Å². The van der Waals surface area contributed by atoms with Crippen molar-refractivity contribution in [2.45, 2.75) is 12.8 Å². The van der Waals surface area contributed by atoms with Gasteiger partial charge in [-0.25, -0.2) is 15.8 Å². The van der Waals surface area contributed by atoms with E-state index < -0.39 is 0 Å². The molecular formula is C13H19N7O. The Bertz CT molecular complexity index is 645. The number of imidazole rings is 1. The van der Waals surface area contributed by atoms with Crippen LogP contribution in [0.1, 0.15) is 12.8 Å². The minimum absolute atomic E-state index is 0.0813. The molecule has 0 spiro atoms. The Morgan fingerprint density at radius 3 is 2.86 bits per heavy atom. The SMILES string of the molecule is CNC(=O)C1CCN(c2nc(NN)cn3ccnc23)CC1. The third-order valence-electron chi connectivity index (χ3n) is 3.92. The Morgan fingerprint density at radius 2 is 2.19 bits per heavy atom. The first-order valence-electron chi connectivity index (χ1n) is 7.00. The van der Waals surface area contributed by atoms with Crippen molar-refractivity contribution in [2.24, 2.45) is 11.8 Å². The molecule has 0 aliphatic carbocycles. The molecule has 2 aromatic rings. The number of piperidine rings is 1. The highest BCUT2D eigenvalue weighted by atomic mass is 16.1. The molecule has 4 N–H and O–H groups in total. The Labute approximate surface area is 122 Å². The predicted octanol–water partition coefficient (Wildman–Crippen LogP) is -0.0227. The molecule has 0 saturated carbocycles. The number of hydrazine groups is 1. The number of nitrogen functional groups attached to an aromatic ring is 1. The van der Waals surface area contributed by atoms with Crippen LogP contribution < -0.4 is 21.5 Å². The van der Waals surface area contributed by atoms with Crippen LogP contribution in [0.15, 0.2) is 18.6 Å². The summed E-state index contributed by atoms with van der Waals surface area (Å²) < 4.78 is 1.89. The van der Waals surface area contributed by atoms with Gasteiger partial charge in [0.05, 0.1) is 6.20 Å². The van der Waals surface area contributed by atoms with Crippen molar-refractivity contribution in [3.8, 4) is 0 Å². The van der Waals surface area contributed by atoms with Crippen molar-refractivity contribution in [1.29, 1.82) is 0 Å². The van der Waals surface area contributed by atoms with Crippen LogP contribution in [0.25, 0.3) is 5.65 Å². The summed E-state index contributed by atoms with van der Waals surface area (Å²) in [6, 6.07) is 0. The zero-order valence-corrected chi connectivity index (χ0v) is 11.9. The second kappa shape index (κ2) is 5.57.